The predicted octanol–water partition coefficient (Wildman–Crippen LogP) is 2.89. The Morgan fingerprint density at radius 3 is 3.00 bits per heavy atom. The molecule has 0 spiro atoms. The van der Waals surface area contributed by atoms with Gasteiger partial charge in [0, 0.05) is 11.8 Å². The molecule has 4 heteroatoms. The molecular weight excluding hydrogens is 238 g/mol. The van der Waals surface area contributed by atoms with E-state index in [1.165, 1.54) is 11.1 Å². The zero-order chi connectivity index (χ0) is 13.2. The number of hydrogen-bond donors (Lipinski definition) is 1. The highest BCUT2D eigenvalue weighted by atomic mass is 16.5. The van der Waals surface area contributed by atoms with E-state index in [9.17, 15) is 0 Å². The molecule has 1 aliphatic rings. The van der Waals surface area contributed by atoms with Crippen LogP contribution < -0.4 is 10.1 Å². The summed E-state index contributed by atoms with van der Waals surface area (Å²) in [6.07, 6.45) is 3.71. The third-order valence-corrected chi connectivity index (χ3v) is 3.57. The first-order valence-electron chi connectivity index (χ1n) is 6.49. The van der Waals surface area contributed by atoms with E-state index < -0.39 is 0 Å². The molecule has 0 saturated heterocycles. The van der Waals surface area contributed by atoms with Crippen LogP contribution in [0.1, 0.15) is 29.3 Å². The van der Waals surface area contributed by atoms with Crippen LogP contribution in [-0.4, -0.2) is 17.1 Å². The van der Waals surface area contributed by atoms with Gasteiger partial charge in [-0.25, -0.2) is 9.97 Å². The largest absolute Gasteiger partial charge is 0.496 e. The maximum absolute atomic E-state index is 5.42. The van der Waals surface area contributed by atoms with E-state index in [1.54, 1.807) is 13.4 Å². The van der Waals surface area contributed by atoms with Crippen molar-refractivity contribution in [3.8, 4) is 5.75 Å². The molecule has 1 atom stereocenters. The van der Waals surface area contributed by atoms with Gasteiger partial charge < -0.3 is 10.1 Å². The number of hydrogen-bond acceptors (Lipinski definition) is 4. The number of aromatic nitrogens is 2. The van der Waals surface area contributed by atoms with Gasteiger partial charge in [-0.3, -0.25) is 0 Å². The summed E-state index contributed by atoms with van der Waals surface area (Å²) in [7, 11) is 1.73. The Hall–Kier alpha value is -2.10. The minimum atomic E-state index is 0.305. The second kappa shape index (κ2) is 4.88. The van der Waals surface area contributed by atoms with Crippen LogP contribution in [0.4, 0.5) is 5.82 Å². The van der Waals surface area contributed by atoms with Crippen molar-refractivity contribution in [2.45, 2.75) is 25.8 Å². The average molecular weight is 255 g/mol. The zero-order valence-electron chi connectivity index (χ0n) is 11.2. The van der Waals surface area contributed by atoms with Gasteiger partial charge in [0.25, 0.3) is 0 Å². The average Bonchev–Trinajstić information content (AvgIpc) is 2.82. The standard InChI is InChI=1S/C15H17N3O/c1-10-8-15(17-9-16-10)18-13-7-6-12-11(13)4-3-5-14(12)19-2/h3-5,8-9,13H,6-7H2,1-2H3,(H,16,17,18). The Kier molecular flexibility index (Phi) is 3.07. The van der Waals surface area contributed by atoms with Crippen LogP contribution in [-0.2, 0) is 6.42 Å². The topological polar surface area (TPSA) is 47.0 Å². The van der Waals surface area contributed by atoms with Gasteiger partial charge in [-0.15, -0.1) is 0 Å². The predicted molar refractivity (Wildman–Crippen MR) is 74.4 cm³/mol. The van der Waals surface area contributed by atoms with Gasteiger partial charge >= 0.3 is 0 Å². The Labute approximate surface area is 112 Å². The number of anilines is 1. The molecule has 0 bridgehead atoms. The zero-order valence-corrected chi connectivity index (χ0v) is 11.2. The van der Waals surface area contributed by atoms with Gasteiger partial charge in [-0.2, -0.15) is 0 Å². The van der Waals surface area contributed by atoms with Crippen LogP contribution in [0, 0.1) is 6.92 Å². The Balaban J connectivity index is 1.87. The van der Waals surface area contributed by atoms with Crippen LogP contribution in [0.3, 0.4) is 0 Å². The Morgan fingerprint density at radius 1 is 1.32 bits per heavy atom. The first-order valence-corrected chi connectivity index (χ1v) is 6.49. The molecule has 4 nitrogen and oxygen atoms in total. The fraction of sp³-hybridized carbons (Fsp3) is 0.333. The quantitative estimate of drug-likeness (QED) is 0.916. The molecule has 0 saturated carbocycles. The van der Waals surface area contributed by atoms with Gasteiger partial charge in [0.15, 0.2) is 0 Å². The summed E-state index contributed by atoms with van der Waals surface area (Å²) in [5.74, 6) is 1.87. The molecular formula is C15H17N3O. The SMILES string of the molecule is COc1cccc2c1CCC2Nc1cc(C)ncn1. The van der Waals surface area contributed by atoms with Crippen LogP contribution in [0.25, 0.3) is 0 Å². The van der Waals surface area contributed by atoms with Crippen LogP contribution in [0.5, 0.6) is 5.75 Å². The summed E-state index contributed by atoms with van der Waals surface area (Å²) in [5, 5.41) is 3.48. The highest BCUT2D eigenvalue weighted by molar-refractivity contribution is 5.49. The third-order valence-electron chi connectivity index (χ3n) is 3.57. The number of nitrogens with zero attached hydrogens (tertiary/aromatic N) is 2. The third kappa shape index (κ3) is 2.26. The van der Waals surface area contributed by atoms with Crippen LogP contribution >= 0.6 is 0 Å². The maximum Gasteiger partial charge on any atom is 0.130 e. The van der Waals surface area contributed by atoms with Crippen molar-refractivity contribution in [2.24, 2.45) is 0 Å². The van der Waals surface area contributed by atoms with E-state index in [4.69, 9.17) is 4.74 Å². The minimum Gasteiger partial charge on any atom is -0.496 e. The summed E-state index contributed by atoms with van der Waals surface area (Å²) in [5.41, 5.74) is 3.60. The highest BCUT2D eigenvalue weighted by Crippen LogP contribution is 2.38. The number of fused-ring (bicyclic) bond motifs is 1. The van der Waals surface area contributed by atoms with Crippen molar-refractivity contribution < 1.29 is 4.74 Å². The number of methoxy groups -OCH3 is 1. The molecule has 2 aromatic rings. The Morgan fingerprint density at radius 2 is 2.21 bits per heavy atom. The molecule has 1 aromatic heterocycles. The van der Waals surface area contributed by atoms with Gasteiger partial charge in [-0.1, -0.05) is 12.1 Å². The van der Waals surface area contributed by atoms with E-state index in [2.05, 4.69) is 21.4 Å². The monoisotopic (exact) mass is 255 g/mol. The second-order valence-corrected chi connectivity index (χ2v) is 4.81. The van der Waals surface area contributed by atoms with E-state index in [1.807, 2.05) is 25.1 Å². The molecule has 1 N–H and O–H groups in total. The van der Waals surface area contributed by atoms with Gasteiger partial charge in [-0.05, 0) is 37.0 Å². The summed E-state index contributed by atoms with van der Waals surface area (Å²) in [6.45, 7) is 1.97. The molecule has 0 radical (unpaired) electrons. The normalized spacial score (nSPS) is 17.1. The Bertz CT molecular complexity index is 598. The molecule has 3 rings (SSSR count). The minimum absolute atomic E-state index is 0.305. The number of nitrogens with one attached hydrogen (secondary N) is 1. The summed E-state index contributed by atoms with van der Waals surface area (Å²) in [4.78, 5) is 8.38. The van der Waals surface area contributed by atoms with Crippen LogP contribution in [0.2, 0.25) is 0 Å². The van der Waals surface area contributed by atoms with E-state index in [-0.39, 0.29) is 0 Å². The summed E-state index contributed by atoms with van der Waals surface area (Å²) in [6, 6.07) is 8.51. The molecule has 0 aliphatic heterocycles. The molecule has 1 aromatic carbocycles. The lowest BCUT2D eigenvalue weighted by molar-refractivity contribution is 0.410. The first-order chi connectivity index (χ1) is 9.28. The van der Waals surface area contributed by atoms with Gasteiger partial charge in [0.05, 0.1) is 13.2 Å². The highest BCUT2D eigenvalue weighted by Gasteiger charge is 2.25. The lowest BCUT2D eigenvalue weighted by Crippen LogP contribution is -2.08. The van der Waals surface area contributed by atoms with Crippen molar-refractivity contribution >= 4 is 5.82 Å². The maximum atomic E-state index is 5.42. The number of benzene rings is 1. The van der Waals surface area contributed by atoms with Gasteiger partial charge in [0.2, 0.25) is 0 Å². The second-order valence-electron chi connectivity index (χ2n) is 4.81. The van der Waals surface area contributed by atoms with Crippen molar-refractivity contribution in [1.29, 1.82) is 0 Å². The smallest absolute Gasteiger partial charge is 0.130 e. The lowest BCUT2D eigenvalue weighted by atomic mass is 10.1. The summed E-state index contributed by atoms with van der Waals surface area (Å²) >= 11 is 0. The first kappa shape index (κ1) is 12.0. The van der Waals surface area contributed by atoms with Crippen molar-refractivity contribution in [2.75, 3.05) is 12.4 Å². The molecule has 1 unspecified atom stereocenters. The van der Waals surface area contributed by atoms with E-state index in [0.717, 1.165) is 30.1 Å². The lowest BCUT2D eigenvalue weighted by Gasteiger charge is -2.15. The fourth-order valence-corrected chi connectivity index (χ4v) is 2.67. The number of aryl methyl sites for hydroxylation is 1. The van der Waals surface area contributed by atoms with Crippen molar-refractivity contribution in [3.05, 3.63) is 47.4 Å². The number of rotatable bonds is 3. The van der Waals surface area contributed by atoms with E-state index in [0.29, 0.717) is 6.04 Å². The summed E-state index contributed by atoms with van der Waals surface area (Å²) < 4.78 is 5.42. The van der Waals surface area contributed by atoms with Gasteiger partial charge in [0.1, 0.15) is 17.9 Å². The number of ether oxygens (including phenoxy) is 1. The molecule has 19 heavy (non-hydrogen) atoms. The molecule has 0 fully saturated rings. The van der Waals surface area contributed by atoms with Crippen molar-refractivity contribution in [3.63, 3.8) is 0 Å². The molecule has 98 valence electrons. The molecule has 1 aliphatic carbocycles. The molecule has 1 heterocycles. The van der Waals surface area contributed by atoms with Crippen molar-refractivity contribution in [1.82, 2.24) is 9.97 Å². The van der Waals surface area contributed by atoms with E-state index >= 15 is 0 Å². The van der Waals surface area contributed by atoms with Crippen LogP contribution in [0.15, 0.2) is 30.6 Å². The fourth-order valence-electron chi connectivity index (χ4n) is 2.67. The molecule has 0 amide bonds.